The van der Waals surface area contributed by atoms with Gasteiger partial charge in [-0.25, -0.2) is 19.0 Å². The fourth-order valence-electron chi connectivity index (χ4n) is 4.13. The van der Waals surface area contributed by atoms with Crippen molar-refractivity contribution in [2.24, 2.45) is 0 Å². The summed E-state index contributed by atoms with van der Waals surface area (Å²) in [5, 5.41) is 17.9. The zero-order valence-electron chi connectivity index (χ0n) is 23.6. The maximum absolute atomic E-state index is 13.5. The van der Waals surface area contributed by atoms with Crippen molar-refractivity contribution >= 4 is 13.5 Å². The third-order valence-corrected chi connectivity index (χ3v) is 7.84. The number of hydrogen-bond acceptors (Lipinski definition) is 7. The summed E-state index contributed by atoms with van der Waals surface area (Å²) in [6.07, 6.45) is 12.6. The van der Waals surface area contributed by atoms with E-state index in [0.29, 0.717) is 29.7 Å². The SMILES string of the molecule is C=C1/C=C\C(n2c(-c3cc(C(C)C)c(OP(=O)(OCCCC)OCCCC)cc3O)n[nH]c2=O)=C/CCCC1. The molecule has 0 saturated heterocycles. The number of phenols is 1. The normalized spacial score (nSPS) is 16.8. The van der Waals surface area contributed by atoms with Crippen LogP contribution >= 0.6 is 7.82 Å². The number of nitrogens with one attached hydrogen (secondary N) is 1. The Morgan fingerprint density at radius 1 is 1.13 bits per heavy atom. The Morgan fingerprint density at radius 3 is 2.46 bits per heavy atom. The minimum atomic E-state index is -3.94. The molecule has 1 aromatic heterocycles. The molecule has 0 radical (unpaired) electrons. The molecule has 1 heterocycles. The topological polar surface area (TPSA) is 116 Å². The molecule has 3 rings (SSSR count). The van der Waals surface area contributed by atoms with Crippen molar-refractivity contribution in [3.8, 4) is 22.9 Å². The van der Waals surface area contributed by atoms with Gasteiger partial charge in [-0.3, -0.25) is 9.05 Å². The number of aromatic nitrogens is 3. The van der Waals surface area contributed by atoms with Crippen LogP contribution in [0.15, 0.2) is 47.3 Å². The van der Waals surface area contributed by atoms with Gasteiger partial charge in [0.15, 0.2) is 5.82 Å². The molecule has 1 aromatic carbocycles. The smallest absolute Gasteiger partial charge is 0.507 e. The molecule has 0 bridgehead atoms. The number of unbranched alkanes of at least 4 members (excludes halogenated alkanes) is 2. The molecule has 214 valence electrons. The highest BCUT2D eigenvalue weighted by molar-refractivity contribution is 7.48. The average molecular weight is 560 g/mol. The van der Waals surface area contributed by atoms with E-state index in [9.17, 15) is 14.5 Å². The monoisotopic (exact) mass is 559 g/mol. The van der Waals surface area contributed by atoms with E-state index in [2.05, 4.69) is 16.8 Å². The fraction of sp³-hybridized carbons (Fsp3) is 0.517. The summed E-state index contributed by atoms with van der Waals surface area (Å²) in [4.78, 5) is 12.9. The Kier molecular flexibility index (Phi) is 11.4. The number of H-pyrrole nitrogens is 1. The zero-order valence-corrected chi connectivity index (χ0v) is 24.5. The van der Waals surface area contributed by atoms with Gasteiger partial charge < -0.3 is 9.63 Å². The van der Waals surface area contributed by atoms with Crippen LogP contribution < -0.4 is 10.2 Å². The number of aromatic amines is 1. The molecule has 0 aliphatic heterocycles. The number of phosphoric acid groups is 1. The van der Waals surface area contributed by atoms with Crippen LogP contribution in [0, 0.1) is 0 Å². The van der Waals surface area contributed by atoms with Gasteiger partial charge in [-0.15, -0.1) is 0 Å². The summed E-state index contributed by atoms with van der Waals surface area (Å²) in [6.45, 7) is 12.5. The van der Waals surface area contributed by atoms with Gasteiger partial charge in [0.1, 0.15) is 11.5 Å². The number of nitrogens with zero attached hydrogens (tertiary/aromatic N) is 2. The maximum Gasteiger partial charge on any atom is 0.530 e. The molecule has 2 aromatic rings. The van der Waals surface area contributed by atoms with Gasteiger partial charge in [0, 0.05) is 11.8 Å². The van der Waals surface area contributed by atoms with Gasteiger partial charge in [0.05, 0.1) is 18.8 Å². The van der Waals surface area contributed by atoms with Crippen molar-refractivity contribution in [3.63, 3.8) is 0 Å². The van der Waals surface area contributed by atoms with Crippen LogP contribution in [0.2, 0.25) is 0 Å². The van der Waals surface area contributed by atoms with Crippen LogP contribution in [0.4, 0.5) is 0 Å². The van der Waals surface area contributed by atoms with Gasteiger partial charge in [0.25, 0.3) is 0 Å². The lowest BCUT2D eigenvalue weighted by Crippen LogP contribution is -2.16. The predicted molar refractivity (Wildman–Crippen MR) is 155 cm³/mol. The number of phosphoric ester groups is 1. The molecule has 0 unspecified atom stereocenters. The van der Waals surface area contributed by atoms with Gasteiger partial charge in [-0.1, -0.05) is 64.8 Å². The molecule has 0 saturated carbocycles. The Labute approximate surface area is 231 Å². The average Bonchev–Trinajstić information content (AvgIpc) is 3.30. The third-order valence-electron chi connectivity index (χ3n) is 6.42. The first-order chi connectivity index (χ1) is 18.7. The van der Waals surface area contributed by atoms with E-state index in [1.165, 1.54) is 10.6 Å². The van der Waals surface area contributed by atoms with Crippen LogP contribution in [-0.4, -0.2) is 33.1 Å². The van der Waals surface area contributed by atoms with E-state index in [1.807, 2.05) is 45.9 Å². The summed E-state index contributed by atoms with van der Waals surface area (Å²) >= 11 is 0. The Bertz CT molecular complexity index is 1280. The molecule has 0 atom stereocenters. The largest absolute Gasteiger partial charge is 0.530 e. The minimum absolute atomic E-state index is 0.0782. The van der Waals surface area contributed by atoms with Crippen LogP contribution in [0.3, 0.4) is 0 Å². The Balaban J connectivity index is 2.05. The third kappa shape index (κ3) is 8.31. The van der Waals surface area contributed by atoms with Gasteiger partial charge >= 0.3 is 13.5 Å². The minimum Gasteiger partial charge on any atom is -0.507 e. The van der Waals surface area contributed by atoms with Crippen LogP contribution in [0.25, 0.3) is 17.1 Å². The molecular formula is C29H42N3O6P. The number of allylic oxidation sites excluding steroid dienone is 5. The van der Waals surface area contributed by atoms with Gasteiger partial charge in [0.2, 0.25) is 0 Å². The molecule has 39 heavy (non-hydrogen) atoms. The van der Waals surface area contributed by atoms with E-state index in [1.54, 1.807) is 6.07 Å². The summed E-state index contributed by atoms with van der Waals surface area (Å²) in [6, 6.07) is 3.10. The summed E-state index contributed by atoms with van der Waals surface area (Å²) < 4.78 is 32.0. The standard InChI is InChI=1S/C29H42N3O6P/c1-6-8-17-36-39(35,37-18-9-7-2)38-27-20-26(33)25(19-24(27)21(3)4)28-30-31-29(34)32(28)23-14-12-10-11-13-22(5)15-16-23/h14-16,19-21,33H,5-13,17-18H2,1-4H3,(H,31,34)/b16-15-,23-14+. The van der Waals surface area contributed by atoms with Crippen molar-refractivity contribution in [3.05, 3.63) is 58.6 Å². The fourth-order valence-corrected chi connectivity index (χ4v) is 5.42. The highest BCUT2D eigenvalue weighted by Gasteiger charge is 2.31. The van der Waals surface area contributed by atoms with Crippen molar-refractivity contribution in [1.82, 2.24) is 14.8 Å². The molecule has 0 fully saturated rings. The van der Waals surface area contributed by atoms with Crippen molar-refractivity contribution in [2.75, 3.05) is 13.2 Å². The first-order valence-electron chi connectivity index (χ1n) is 13.9. The van der Waals surface area contributed by atoms with Gasteiger partial charge in [-0.2, -0.15) is 5.10 Å². The number of phenolic OH excluding ortho intramolecular Hbond substituents is 1. The van der Waals surface area contributed by atoms with E-state index in [-0.39, 0.29) is 36.5 Å². The Hall–Kier alpha value is -2.87. The van der Waals surface area contributed by atoms with Crippen LogP contribution in [0.5, 0.6) is 11.5 Å². The number of aromatic hydroxyl groups is 1. The molecule has 1 aliphatic carbocycles. The second-order valence-electron chi connectivity index (χ2n) is 10.0. The molecule has 9 nitrogen and oxygen atoms in total. The van der Waals surface area contributed by atoms with E-state index >= 15 is 0 Å². The molecule has 0 spiro atoms. The molecule has 2 N–H and O–H groups in total. The predicted octanol–water partition coefficient (Wildman–Crippen LogP) is 7.72. The van der Waals surface area contributed by atoms with Crippen LogP contribution in [-0.2, 0) is 13.6 Å². The molecule has 10 heteroatoms. The maximum atomic E-state index is 13.5. The second-order valence-corrected chi connectivity index (χ2v) is 11.6. The lowest BCUT2D eigenvalue weighted by atomic mass is 9.98. The summed E-state index contributed by atoms with van der Waals surface area (Å²) in [5.74, 6) is 0.198. The van der Waals surface area contributed by atoms with E-state index in [0.717, 1.165) is 44.1 Å². The van der Waals surface area contributed by atoms with Crippen molar-refractivity contribution in [1.29, 1.82) is 0 Å². The van der Waals surface area contributed by atoms with Crippen molar-refractivity contribution in [2.45, 2.75) is 85.0 Å². The van der Waals surface area contributed by atoms with Gasteiger partial charge in [-0.05, 0) is 62.1 Å². The second kappa shape index (κ2) is 14.5. The highest BCUT2D eigenvalue weighted by Crippen LogP contribution is 2.52. The van der Waals surface area contributed by atoms with Crippen molar-refractivity contribution < 1.29 is 23.2 Å². The quantitative estimate of drug-likeness (QED) is 0.191. The zero-order chi connectivity index (χ0) is 28.4. The first-order valence-corrected chi connectivity index (χ1v) is 15.3. The summed E-state index contributed by atoms with van der Waals surface area (Å²) in [5.41, 5.74) is 2.21. The molecule has 0 amide bonds. The number of hydrogen-bond donors (Lipinski definition) is 2. The highest BCUT2D eigenvalue weighted by atomic mass is 31.2. The Morgan fingerprint density at radius 2 is 1.82 bits per heavy atom. The molecule has 1 aliphatic rings. The number of benzene rings is 1. The number of rotatable bonds is 13. The lowest BCUT2D eigenvalue weighted by molar-refractivity contribution is 0.151. The molecular weight excluding hydrogens is 517 g/mol. The first kappa shape index (κ1) is 30.7. The summed E-state index contributed by atoms with van der Waals surface area (Å²) in [7, 11) is -3.94. The van der Waals surface area contributed by atoms with E-state index < -0.39 is 13.5 Å². The van der Waals surface area contributed by atoms with E-state index in [4.69, 9.17) is 13.6 Å². The lowest BCUT2D eigenvalue weighted by Gasteiger charge is -2.22. The van der Waals surface area contributed by atoms with Crippen LogP contribution in [0.1, 0.15) is 90.5 Å².